The van der Waals surface area contributed by atoms with Crippen LogP contribution in [0.3, 0.4) is 0 Å². The lowest BCUT2D eigenvalue weighted by molar-refractivity contribution is -0.137. The number of nitrogens with two attached hydrogens (primary N) is 1. The second-order valence-corrected chi connectivity index (χ2v) is 4.73. The van der Waals surface area contributed by atoms with E-state index in [0.717, 1.165) is 5.56 Å². The Hall–Kier alpha value is -2.08. The van der Waals surface area contributed by atoms with Crippen molar-refractivity contribution in [3.8, 4) is 0 Å². The van der Waals surface area contributed by atoms with E-state index in [2.05, 4.69) is 5.32 Å². The van der Waals surface area contributed by atoms with Crippen molar-refractivity contribution in [3.05, 3.63) is 34.3 Å². The molecule has 0 aliphatic carbocycles. The lowest BCUT2D eigenvalue weighted by Gasteiger charge is -2.14. The maximum atomic E-state index is 11.9. The predicted molar refractivity (Wildman–Crippen MR) is 73.5 cm³/mol. The van der Waals surface area contributed by atoms with E-state index in [1.54, 1.807) is 19.1 Å². The second kappa shape index (κ2) is 6.91. The number of aliphatic carboxylic acids is 1. The minimum atomic E-state index is -1.07. The van der Waals surface area contributed by atoms with Crippen molar-refractivity contribution in [2.24, 2.45) is 5.73 Å². The van der Waals surface area contributed by atoms with Gasteiger partial charge in [-0.25, -0.2) is 0 Å². The summed E-state index contributed by atoms with van der Waals surface area (Å²) in [5.41, 5.74) is 6.23. The Morgan fingerprint density at radius 3 is 2.55 bits per heavy atom. The number of nitrogens with one attached hydrogen (secondary N) is 1. The van der Waals surface area contributed by atoms with E-state index in [9.17, 15) is 14.4 Å². The van der Waals surface area contributed by atoms with Crippen LogP contribution in [0.2, 0.25) is 5.02 Å². The van der Waals surface area contributed by atoms with Gasteiger partial charge in [-0.1, -0.05) is 17.7 Å². The van der Waals surface area contributed by atoms with E-state index in [4.69, 9.17) is 22.4 Å². The molecule has 0 saturated heterocycles. The first-order valence-corrected chi connectivity index (χ1v) is 6.27. The summed E-state index contributed by atoms with van der Waals surface area (Å²) in [6.45, 7) is 1.79. The summed E-state index contributed by atoms with van der Waals surface area (Å²) >= 11 is 5.91. The van der Waals surface area contributed by atoms with Gasteiger partial charge in [-0.15, -0.1) is 0 Å². The van der Waals surface area contributed by atoms with Crippen LogP contribution < -0.4 is 11.1 Å². The molecule has 0 aliphatic heterocycles. The number of hydrogen-bond donors (Lipinski definition) is 3. The number of aryl methyl sites for hydroxylation is 1. The largest absolute Gasteiger partial charge is 0.481 e. The molecule has 20 heavy (non-hydrogen) atoms. The third-order valence-corrected chi connectivity index (χ3v) is 3.14. The summed E-state index contributed by atoms with van der Waals surface area (Å²) in [7, 11) is 0. The lowest BCUT2D eigenvalue weighted by Crippen LogP contribution is -2.44. The Kier molecular flexibility index (Phi) is 5.52. The van der Waals surface area contributed by atoms with Gasteiger partial charge in [-0.3, -0.25) is 14.4 Å². The quantitative estimate of drug-likeness (QED) is 0.730. The van der Waals surface area contributed by atoms with Crippen LogP contribution in [0.5, 0.6) is 0 Å². The van der Waals surface area contributed by atoms with Gasteiger partial charge in [-0.05, 0) is 31.0 Å². The molecular weight excluding hydrogens is 284 g/mol. The van der Waals surface area contributed by atoms with Crippen molar-refractivity contribution in [1.29, 1.82) is 0 Å². The molecule has 1 aromatic carbocycles. The Morgan fingerprint density at radius 2 is 2.05 bits per heavy atom. The highest BCUT2D eigenvalue weighted by atomic mass is 35.5. The molecule has 1 aromatic rings. The van der Waals surface area contributed by atoms with Crippen LogP contribution in [0.4, 0.5) is 0 Å². The number of carboxylic acid groups (broad SMARTS) is 1. The topological polar surface area (TPSA) is 109 Å². The van der Waals surface area contributed by atoms with Gasteiger partial charge in [0.1, 0.15) is 6.04 Å². The summed E-state index contributed by atoms with van der Waals surface area (Å²) in [6, 6.07) is 3.68. The Balaban J connectivity index is 2.77. The first-order valence-electron chi connectivity index (χ1n) is 5.89. The van der Waals surface area contributed by atoms with Crippen LogP contribution >= 0.6 is 11.6 Å². The molecule has 0 bridgehead atoms. The highest BCUT2D eigenvalue weighted by molar-refractivity contribution is 6.31. The fourth-order valence-corrected chi connectivity index (χ4v) is 1.71. The van der Waals surface area contributed by atoms with Gasteiger partial charge in [0.05, 0.1) is 0 Å². The van der Waals surface area contributed by atoms with Crippen molar-refractivity contribution < 1.29 is 19.5 Å². The first-order chi connectivity index (χ1) is 9.31. The molecule has 0 aromatic heterocycles. The monoisotopic (exact) mass is 298 g/mol. The highest BCUT2D eigenvalue weighted by Gasteiger charge is 2.20. The van der Waals surface area contributed by atoms with Gasteiger partial charge in [0.2, 0.25) is 5.91 Å². The summed E-state index contributed by atoms with van der Waals surface area (Å²) in [5.74, 6) is -2.37. The summed E-state index contributed by atoms with van der Waals surface area (Å²) in [4.78, 5) is 33.6. The van der Waals surface area contributed by atoms with Crippen molar-refractivity contribution in [2.45, 2.75) is 25.8 Å². The zero-order valence-corrected chi connectivity index (χ0v) is 11.6. The van der Waals surface area contributed by atoms with E-state index in [-0.39, 0.29) is 18.4 Å². The van der Waals surface area contributed by atoms with Gasteiger partial charge in [0.15, 0.2) is 0 Å². The predicted octanol–water partition coefficient (Wildman–Crippen LogP) is 1.10. The van der Waals surface area contributed by atoms with Gasteiger partial charge < -0.3 is 16.2 Å². The number of amides is 2. The van der Waals surface area contributed by atoms with E-state index in [1.807, 2.05) is 0 Å². The van der Waals surface area contributed by atoms with E-state index in [0.29, 0.717) is 5.02 Å². The third kappa shape index (κ3) is 4.55. The fraction of sp³-hybridized carbons (Fsp3) is 0.308. The molecule has 0 heterocycles. The zero-order chi connectivity index (χ0) is 15.3. The van der Waals surface area contributed by atoms with Crippen molar-refractivity contribution in [2.75, 3.05) is 0 Å². The number of rotatable bonds is 6. The van der Waals surface area contributed by atoms with Crippen LogP contribution in [-0.2, 0) is 9.59 Å². The Bertz CT molecular complexity index is 545. The smallest absolute Gasteiger partial charge is 0.303 e. The molecule has 0 saturated carbocycles. The normalized spacial score (nSPS) is 11.7. The SMILES string of the molecule is Cc1ccc(C(=O)NC(CCC(=O)O)C(N)=O)cc1Cl. The fourth-order valence-electron chi connectivity index (χ4n) is 1.53. The number of hydrogen-bond acceptors (Lipinski definition) is 3. The molecular formula is C13H15ClN2O4. The van der Waals surface area contributed by atoms with Crippen LogP contribution in [0.25, 0.3) is 0 Å². The second-order valence-electron chi connectivity index (χ2n) is 4.32. The minimum absolute atomic E-state index is 0.0595. The molecule has 1 atom stereocenters. The summed E-state index contributed by atoms with van der Waals surface area (Å²) in [5, 5.41) is 11.4. The molecule has 0 fully saturated rings. The molecule has 108 valence electrons. The number of halogens is 1. The molecule has 6 nitrogen and oxygen atoms in total. The number of carboxylic acids is 1. The van der Waals surface area contributed by atoms with Crippen LogP contribution in [-0.4, -0.2) is 28.9 Å². The van der Waals surface area contributed by atoms with Crippen LogP contribution in [0.15, 0.2) is 18.2 Å². The maximum absolute atomic E-state index is 11.9. The van der Waals surface area contributed by atoms with Crippen molar-refractivity contribution >= 4 is 29.4 Å². The van der Waals surface area contributed by atoms with Gasteiger partial charge in [0.25, 0.3) is 5.91 Å². The van der Waals surface area contributed by atoms with Gasteiger partial charge in [0, 0.05) is 17.0 Å². The van der Waals surface area contributed by atoms with E-state index >= 15 is 0 Å². The van der Waals surface area contributed by atoms with E-state index < -0.39 is 23.8 Å². The average Bonchev–Trinajstić information content (AvgIpc) is 2.36. The number of carbonyl (C=O) groups is 3. The third-order valence-electron chi connectivity index (χ3n) is 2.73. The molecule has 7 heteroatoms. The summed E-state index contributed by atoms with van der Waals surface area (Å²) in [6.07, 6.45) is -0.321. The van der Waals surface area contributed by atoms with Gasteiger partial charge in [-0.2, -0.15) is 0 Å². The number of primary amides is 1. The summed E-state index contributed by atoms with van der Waals surface area (Å²) < 4.78 is 0. The Morgan fingerprint density at radius 1 is 1.40 bits per heavy atom. The molecule has 0 spiro atoms. The lowest BCUT2D eigenvalue weighted by atomic mass is 10.1. The minimum Gasteiger partial charge on any atom is -0.481 e. The van der Waals surface area contributed by atoms with Gasteiger partial charge >= 0.3 is 5.97 Å². The molecule has 1 unspecified atom stereocenters. The molecule has 1 rings (SSSR count). The van der Waals surface area contributed by atoms with Crippen LogP contribution in [0, 0.1) is 6.92 Å². The number of carbonyl (C=O) groups excluding carboxylic acids is 2. The standard InChI is InChI=1S/C13H15ClN2O4/c1-7-2-3-8(6-9(7)14)13(20)16-10(12(15)19)4-5-11(17)18/h2-3,6,10H,4-5H2,1H3,(H2,15,19)(H,16,20)(H,17,18). The van der Waals surface area contributed by atoms with Crippen molar-refractivity contribution in [3.63, 3.8) is 0 Å². The highest BCUT2D eigenvalue weighted by Crippen LogP contribution is 2.16. The maximum Gasteiger partial charge on any atom is 0.303 e. The van der Waals surface area contributed by atoms with Crippen LogP contribution in [0.1, 0.15) is 28.8 Å². The number of benzene rings is 1. The molecule has 0 aliphatic rings. The Labute approximate surface area is 120 Å². The molecule has 2 amide bonds. The molecule has 0 radical (unpaired) electrons. The first kappa shape index (κ1) is 16.0. The molecule has 4 N–H and O–H groups in total. The average molecular weight is 299 g/mol. The zero-order valence-electron chi connectivity index (χ0n) is 10.9. The van der Waals surface area contributed by atoms with E-state index in [1.165, 1.54) is 6.07 Å². The van der Waals surface area contributed by atoms with Crippen molar-refractivity contribution in [1.82, 2.24) is 5.32 Å².